The van der Waals surface area contributed by atoms with Crippen molar-refractivity contribution in [1.82, 2.24) is 5.32 Å². The summed E-state index contributed by atoms with van der Waals surface area (Å²) >= 11 is 0. The number of rotatable bonds is 3. The summed E-state index contributed by atoms with van der Waals surface area (Å²) in [5.41, 5.74) is 1.38. The van der Waals surface area contributed by atoms with Gasteiger partial charge in [0, 0.05) is 5.56 Å². The summed E-state index contributed by atoms with van der Waals surface area (Å²) in [5.74, 6) is 0.574. The fraction of sp³-hybridized carbons (Fsp3) is 0.467. The Morgan fingerprint density at radius 2 is 2.24 bits per heavy atom. The second-order valence-corrected chi connectivity index (χ2v) is 5.58. The second kappa shape index (κ2) is 5.27. The van der Waals surface area contributed by atoms with E-state index in [1.54, 1.807) is 18.2 Å². The van der Waals surface area contributed by atoms with E-state index in [0.29, 0.717) is 11.3 Å². The first-order valence-electron chi connectivity index (χ1n) is 7.01. The maximum absolute atomic E-state index is 11.4. The van der Waals surface area contributed by atoms with Gasteiger partial charge in [-0.15, -0.1) is 0 Å². The van der Waals surface area contributed by atoms with Crippen molar-refractivity contribution in [3.05, 3.63) is 29.3 Å². The lowest BCUT2D eigenvalue weighted by Crippen LogP contribution is -2.44. The largest absolute Gasteiger partial charge is 0.488 e. The molecule has 1 aromatic carbocycles. The summed E-state index contributed by atoms with van der Waals surface area (Å²) in [6.07, 6.45) is 0.503. The van der Waals surface area contributed by atoms with E-state index in [4.69, 9.17) is 14.6 Å². The van der Waals surface area contributed by atoms with Gasteiger partial charge >= 0.3 is 12.1 Å². The van der Waals surface area contributed by atoms with E-state index in [9.17, 15) is 9.59 Å². The van der Waals surface area contributed by atoms with Crippen LogP contribution in [0.25, 0.3) is 0 Å². The van der Waals surface area contributed by atoms with Crippen molar-refractivity contribution >= 4 is 12.1 Å². The normalized spacial score (nSPS) is 27.1. The molecular weight excluding hydrogens is 274 g/mol. The molecule has 0 spiro atoms. The summed E-state index contributed by atoms with van der Waals surface area (Å²) in [7, 11) is 0. The van der Waals surface area contributed by atoms with E-state index >= 15 is 0 Å². The Balaban J connectivity index is 1.74. The van der Waals surface area contributed by atoms with Crippen LogP contribution in [-0.2, 0) is 11.3 Å². The van der Waals surface area contributed by atoms with Crippen molar-refractivity contribution < 1.29 is 24.2 Å². The minimum Gasteiger partial charge on any atom is -0.488 e. The molecule has 1 saturated carbocycles. The van der Waals surface area contributed by atoms with Gasteiger partial charge in [-0.25, -0.2) is 9.59 Å². The number of carbonyl (C=O) groups is 2. The number of amides is 1. The molecule has 0 bridgehead atoms. The highest BCUT2D eigenvalue weighted by atomic mass is 16.5. The van der Waals surface area contributed by atoms with Crippen molar-refractivity contribution in [3.63, 3.8) is 0 Å². The zero-order chi connectivity index (χ0) is 15.0. The van der Waals surface area contributed by atoms with Crippen LogP contribution < -0.4 is 10.1 Å². The van der Waals surface area contributed by atoms with Gasteiger partial charge in [-0.2, -0.15) is 0 Å². The fourth-order valence-electron chi connectivity index (χ4n) is 3.02. The quantitative estimate of drug-likeness (QED) is 0.834. The number of hydrogen-bond acceptors (Lipinski definition) is 4. The number of nitrogens with one attached hydrogen (secondary N) is 1. The third-order valence-electron chi connectivity index (χ3n) is 4.15. The van der Waals surface area contributed by atoms with E-state index in [2.05, 4.69) is 5.32 Å². The third-order valence-corrected chi connectivity index (χ3v) is 4.15. The van der Waals surface area contributed by atoms with Gasteiger partial charge < -0.3 is 19.9 Å². The van der Waals surface area contributed by atoms with Crippen molar-refractivity contribution in [1.29, 1.82) is 0 Å². The first kappa shape index (κ1) is 13.7. The fourth-order valence-corrected chi connectivity index (χ4v) is 3.02. The number of benzene rings is 1. The third kappa shape index (κ3) is 2.66. The molecule has 2 N–H and O–H groups in total. The van der Waals surface area contributed by atoms with Gasteiger partial charge in [0.2, 0.25) is 0 Å². The number of cyclic esters (lactones) is 1. The van der Waals surface area contributed by atoms with Crippen molar-refractivity contribution in [2.24, 2.45) is 5.92 Å². The summed E-state index contributed by atoms with van der Waals surface area (Å²) in [6.45, 7) is 2.28. The lowest BCUT2D eigenvalue weighted by atomic mass is 10.1. The standard InChI is InChI=1S/C15H17NO5/c1-8-2-5-12(13(8)16-15(18)19)21-10-3-4-11-9(6-10)7-20-14(11)17/h3-4,6,8,12-13,16H,2,5,7H2,1H3,(H,18,19)/t8-,12?,13+/m0/s1. The highest BCUT2D eigenvalue weighted by Crippen LogP contribution is 2.31. The van der Waals surface area contributed by atoms with Gasteiger partial charge in [0.05, 0.1) is 11.6 Å². The lowest BCUT2D eigenvalue weighted by Gasteiger charge is -2.23. The van der Waals surface area contributed by atoms with Gasteiger partial charge in [0.25, 0.3) is 0 Å². The molecule has 1 heterocycles. The molecule has 0 aromatic heterocycles. The molecule has 1 amide bonds. The van der Waals surface area contributed by atoms with Gasteiger partial charge in [-0.3, -0.25) is 0 Å². The van der Waals surface area contributed by atoms with Crippen molar-refractivity contribution in [2.45, 2.75) is 38.5 Å². The predicted molar refractivity (Wildman–Crippen MR) is 73.3 cm³/mol. The maximum atomic E-state index is 11.4. The Labute approximate surface area is 122 Å². The predicted octanol–water partition coefficient (Wildman–Crippen LogP) is 2.17. The van der Waals surface area contributed by atoms with E-state index in [1.165, 1.54) is 0 Å². The van der Waals surface area contributed by atoms with Gasteiger partial charge in [-0.1, -0.05) is 6.92 Å². The van der Waals surface area contributed by atoms with Crippen LogP contribution in [0.3, 0.4) is 0 Å². The molecule has 1 aliphatic heterocycles. The molecular formula is C15H17NO5. The van der Waals surface area contributed by atoms with E-state index in [1.807, 2.05) is 6.92 Å². The molecule has 2 aliphatic rings. The number of carboxylic acid groups (broad SMARTS) is 1. The SMILES string of the molecule is C[C@H]1CCC(Oc2ccc3c(c2)COC3=O)[C@@H]1NC(=O)O. The molecule has 1 aromatic rings. The van der Waals surface area contributed by atoms with Crippen LogP contribution in [0.4, 0.5) is 4.79 Å². The number of hydrogen-bond donors (Lipinski definition) is 2. The molecule has 21 heavy (non-hydrogen) atoms. The van der Waals surface area contributed by atoms with Crippen LogP contribution >= 0.6 is 0 Å². The van der Waals surface area contributed by atoms with E-state index in [-0.39, 0.29) is 30.6 Å². The Morgan fingerprint density at radius 1 is 1.43 bits per heavy atom. The first-order chi connectivity index (χ1) is 10.0. The number of fused-ring (bicyclic) bond motifs is 1. The number of carbonyl (C=O) groups excluding carboxylic acids is 1. The monoisotopic (exact) mass is 291 g/mol. The molecule has 112 valence electrons. The minimum absolute atomic E-state index is 0.188. The highest BCUT2D eigenvalue weighted by Gasteiger charge is 2.36. The average Bonchev–Trinajstić information content (AvgIpc) is 2.96. The average molecular weight is 291 g/mol. The van der Waals surface area contributed by atoms with Crippen LogP contribution in [0.5, 0.6) is 5.75 Å². The number of ether oxygens (including phenoxy) is 2. The molecule has 0 radical (unpaired) electrons. The molecule has 6 nitrogen and oxygen atoms in total. The Bertz CT molecular complexity index is 585. The van der Waals surface area contributed by atoms with E-state index < -0.39 is 6.09 Å². The molecule has 1 unspecified atom stereocenters. The smallest absolute Gasteiger partial charge is 0.405 e. The molecule has 3 rings (SSSR count). The van der Waals surface area contributed by atoms with Crippen LogP contribution in [0.15, 0.2) is 18.2 Å². The minimum atomic E-state index is -1.03. The Hall–Kier alpha value is -2.24. The highest BCUT2D eigenvalue weighted by molar-refractivity contribution is 5.93. The van der Waals surface area contributed by atoms with E-state index in [0.717, 1.165) is 18.4 Å². The van der Waals surface area contributed by atoms with Crippen molar-refractivity contribution in [2.75, 3.05) is 0 Å². The topological polar surface area (TPSA) is 84.9 Å². The van der Waals surface area contributed by atoms with Crippen LogP contribution in [0.1, 0.15) is 35.7 Å². The molecule has 1 fully saturated rings. The molecule has 3 atom stereocenters. The summed E-state index contributed by atoms with van der Waals surface area (Å²) in [5, 5.41) is 11.4. The summed E-state index contributed by atoms with van der Waals surface area (Å²) in [6, 6.07) is 5.00. The van der Waals surface area contributed by atoms with Gasteiger partial charge in [0.15, 0.2) is 0 Å². The summed E-state index contributed by atoms with van der Waals surface area (Å²) < 4.78 is 10.9. The first-order valence-corrected chi connectivity index (χ1v) is 7.01. The zero-order valence-electron chi connectivity index (χ0n) is 11.7. The van der Waals surface area contributed by atoms with Gasteiger partial charge in [0.1, 0.15) is 18.5 Å². The zero-order valence-corrected chi connectivity index (χ0v) is 11.7. The molecule has 0 saturated heterocycles. The Morgan fingerprint density at radius 3 is 3.00 bits per heavy atom. The van der Waals surface area contributed by atoms with Crippen LogP contribution in [0, 0.1) is 5.92 Å². The van der Waals surface area contributed by atoms with Crippen LogP contribution in [0.2, 0.25) is 0 Å². The number of esters is 1. The lowest BCUT2D eigenvalue weighted by molar-refractivity contribution is 0.0535. The maximum Gasteiger partial charge on any atom is 0.405 e. The molecule has 1 aliphatic carbocycles. The van der Waals surface area contributed by atoms with Crippen LogP contribution in [-0.4, -0.2) is 29.3 Å². The summed E-state index contributed by atoms with van der Waals surface area (Å²) in [4.78, 5) is 22.3. The van der Waals surface area contributed by atoms with Gasteiger partial charge in [-0.05, 0) is 37.0 Å². The van der Waals surface area contributed by atoms with Crippen molar-refractivity contribution in [3.8, 4) is 5.75 Å². The second-order valence-electron chi connectivity index (χ2n) is 5.58. The Kier molecular flexibility index (Phi) is 3.45. The molecule has 6 heteroatoms.